The van der Waals surface area contributed by atoms with Crippen LogP contribution in [0.1, 0.15) is 31.0 Å². The maximum Gasteiger partial charge on any atom is 0.243 e. The third kappa shape index (κ3) is 4.43. The van der Waals surface area contributed by atoms with Gasteiger partial charge in [0.05, 0.1) is 39.8 Å². The molecule has 0 unspecified atom stereocenters. The van der Waals surface area contributed by atoms with Crippen molar-refractivity contribution in [1.29, 1.82) is 0 Å². The van der Waals surface area contributed by atoms with E-state index in [1.807, 2.05) is 6.07 Å². The lowest BCUT2D eigenvalue weighted by Crippen LogP contribution is -2.40. The predicted molar refractivity (Wildman–Crippen MR) is 121 cm³/mol. The van der Waals surface area contributed by atoms with E-state index in [4.69, 9.17) is 9.72 Å². The summed E-state index contributed by atoms with van der Waals surface area (Å²) in [6, 6.07) is 5.25. The molecule has 30 heavy (non-hydrogen) atoms. The summed E-state index contributed by atoms with van der Waals surface area (Å²) in [7, 11) is -3.53. The summed E-state index contributed by atoms with van der Waals surface area (Å²) in [6.45, 7) is 6.65. The molecule has 0 amide bonds. The molecule has 0 aliphatic carbocycles. The van der Waals surface area contributed by atoms with Gasteiger partial charge >= 0.3 is 0 Å². The number of ether oxygens (including phenoxy) is 1. The summed E-state index contributed by atoms with van der Waals surface area (Å²) in [5, 5.41) is 4.18. The molecule has 1 aromatic carbocycles. The fraction of sp³-hybridized carbons (Fsp3) is 0.500. The fourth-order valence-corrected chi connectivity index (χ4v) is 6.89. The van der Waals surface area contributed by atoms with Gasteiger partial charge in [0.25, 0.3) is 0 Å². The second kappa shape index (κ2) is 9.35. The Balaban J connectivity index is 1.58. The van der Waals surface area contributed by atoms with Crippen LogP contribution in [0.15, 0.2) is 33.6 Å². The third-order valence-corrected chi connectivity index (χ3v) is 8.88. The summed E-state index contributed by atoms with van der Waals surface area (Å²) in [5.74, 6) is 0.752. The topological polar surface area (TPSA) is 77.3 Å². The number of hydrogen-bond donors (Lipinski definition) is 0. The minimum atomic E-state index is -3.53. The van der Waals surface area contributed by atoms with Crippen LogP contribution >= 0.6 is 23.1 Å². The van der Waals surface area contributed by atoms with Crippen LogP contribution in [0.3, 0.4) is 0 Å². The molecule has 10 heteroatoms. The molecule has 4 rings (SSSR count). The minimum Gasteiger partial charge on any atom is -0.379 e. The number of aromatic nitrogens is 3. The molecule has 2 aromatic heterocycles. The summed E-state index contributed by atoms with van der Waals surface area (Å²) in [6.07, 6.45) is 2.12. The number of thioether (sulfide) groups is 1. The van der Waals surface area contributed by atoms with Gasteiger partial charge in [0.2, 0.25) is 10.0 Å². The number of benzene rings is 1. The van der Waals surface area contributed by atoms with Gasteiger partial charge in [0.15, 0.2) is 5.16 Å². The molecule has 1 saturated heterocycles. The molecule has 162 valence electrons. The van der Waals surface area contributed by atoms with E-state index >= 15 is 0 Å². The summed E-state index contributed by atoms with van der Waals surface area (Å²) in [5.41, 5.74) is 2.73. The van der Waals surface area contributed by atoms with Crippen LogP contribution in [0.5, 0.6) is 0 Å². The minimum absolute atomic E-state index is 0.290. The highest BCUT2D eigenvalue weighted by atomic mass is 32.2. The van der Waals surface area contributed by atoms with E-state index in [0.29, 0.717) is 31.8 Å². The molecule has 0 bridgehead atoms. The highest BCUT2D eigenvalue weighted by Gasteiger charge is 2.27. The van der Waals surface area contributed by atoms with Gasteiger partial charge in [-0.2, -0.15) is 4.31 Å². The van der Waals surface area contributed by atoms with Crippen molar-refractivity contribution >= 4 is 44.2 Å². The first kappa shape index (κ1) is 21.8. The van der Waals surface area contributed by atoms with Gasteiger partial charge in [0.1, 0.15) is 0 Å². The van der Waals surface area contributed by atoms with Gasteiger partial charge in [-0.3, -0.25) is 0 Å². The molecule has 0 radical (unpaired) electrons. The molecule has 7 nitrogen and oxygen atoms in total. The number of imidazole rings is 1. The Kier molecular flexibility index (Phi) is 6.78. The number of sulfonamides is 1. The Morgan fingerprint density at radius 1 is 1.20 bits per heavy atom. The van der Waals surface area contributed by atoms with E-state index in [9.17, 15) is 8.42 Å². The molecule has 1 aliphatic rings. The van der Waals surface area contributed by atoms with Gasteiger partial charge < -0.3 is 9.30 Å². The van der Waals surface area contributed by atoms with Gasteiger partial charge in [-0.05, 0) is 38.0 Å². The Morgan fingerprint density at radius 3 is 2.73 bits per heavy atom. The predicted octanol–water partition coefficient (Wildman–Crippen LogP) is 3.78. The van der Waals surface area contributed by atoms with Crippen molar-refractivity contribution in [2.24, 2.45) is 0 Å². The van der Waals surface area contributed by atoms with Crippen LogP contribution in [0.4, 0.5) is 0 Å². The van der Waals surface area contributed by atoms with Crippen LogP contribution in [0.25, 0.3) is 11.0 Å². The summed E-state index contributed by atoms with van der Waals surface area (Å²) >= 11 is 3.35. The van der Waals surface area contributed by atoms with E-state index in [2.05, 4.69) is 28.8 Å². The number of aryl methyl sites for hydroxylation is 2. The molecule has 0 atom stereocenters. The van der Waals surface area contributed by atoms with Crippen LogP contribution in [0.2, 0.25) is 0 Å². The molecular weight excluding hydrogens is 440 g/mol. The van der Waals surface area contributed by atoms with Crippen LogP contribution in [0, 0.1) is 0 Å². The smallest absolute Gasteiger partial charge is 0.243 e. The Labute approximate surface area is 185 Å². The molecule has 0 spiro atoms. The molecular formula is C20H26N4O3S3. The monoisotopic (exact) mass is 466 g/mol. The van der Waals surface area contributed by atoms with Crippen molar-refractivity contribution in [1.82, 2.24) is 18.8 Å². The number of fused-ring (bicyclic) bond motifs is 1. The highest BCUT2D eigenvalue weighted by molar-refractivity contribution is 7.98. The zero-order valence-corrected chi connectivity index (χ0v) is 19.7. The molecule has 3 heterocycles. The van der Waals surface area contributed by atoms with Crippen LogP contribution < -0.4 is 0 Å². The molecule has 3 aromatic rings. The van der Waals surface area contributed by atoms with Gasteiger partial charge in [-0.25, -0.2) is 18.4 Å². The lowest BCUT2D eigenvalue weighted by atomic mass is 10.3. The fourth-order valence-electron chi connectivity index (χ4n) is 3.48. The first-order valence-electron chi connectivity index (χ1n) is 10.2. The van der Waals surface area contributed by atoms with Crippen molar-refractivity contribution in [2.45, 2.75) is 49.0 Å². The van der Waals surface area contributed by atoms with Gasteiger partial charge in [0, 0.05) is 30.8 Å². The molecule has 0 saturated carbocycles. The van der Waals surface area contributed by atoms with Crippen molar-refractivity contribution < 1.29 is 13.2 Å². The highest BCUT2D eigenvalue weighted by Crippen LogP contribution is 2.29. The van der Waals surface area contributed by atoms with Crippen molar-refractivity contribution in [3.8, 4) is 0 Å². The van der Waals surface area contributed by atoms with Gasteiger partial charge in [-0.1, -0.05) is 18.7 Å². The second-order valence-corrected chi connectivity index (χ2v) is 10.9. The van der Waals surface area contributed by atoms with Gasteiger partial charge in [-0.15, -0.1) is 11.3 Å². The number of thiazole rings is 1. The second-order valence-electron chi connectivity index (χ2n) is 7.08. The third-order valence-electron chi connectivity index (χ3n) is 5.02. The Morgan fingerprint density at radius 2 is 2.00 bits per heavy atom. The standard InChI is InChI=1S/C20H26N4O3S3/c1-3-5-19-21-15(13-28-19)14-29-20-22-17-12-16(6-7-18(17)24(20)4-2)30(25,26)23-8-10-27-11-9-23/h6-7,12-13H,3-5,8-11,14H2,1-2H3. The SMILES string of the molecule is CCCc1nc(CSc2nc3cc(S(=O)(=O)N4CCOCC4)ccc3n2CC)cs1. The average Bonchev–Trinajstić information content (AvgIpc) is 3.36. The van der Waals surface area contributed by atoms with E-state index < -0.39 is 10.0 Å². The van der Waals surface area contributed by atoms with Crippen LogP contribution in [-0.2, 0) is 33.5 Å². The summed E-state index contributed by atoms with van der Waals surface area (Å²) in [4.78, 5) is 9.73. The normalized spacial score (nSPS) is 15.8. The van der Waals surface area contributed by atoms with Crippen LogP contribution in [-0.4, -0.2) is 53.6 Å². The maximum absolute atomic E-state index is 13.0. The molecule has 1 aliphatic heterocycles. The van der Waals surface area contributed by atoms with E-state index in [-0.39, 0.29) is 4.90 Å². The number of nitrogens with zero attached hydrogens (tertiary/aromatic N) is 4. The lowest BCUT2D eigenvalue weighted by molar-refractivity contribution is 0.0730. The number of hydrogen-bond acceptors (Lipinski definition) is 7. The van der Waals surface area contributed by atoms with Crippen molar-refractivity contribution in [3.63, 3.8) is 0 Å². The first-order valence-corrected chi connectivity index (χ1v) is 13.5. The van der Waals surface area contributed by atoms with E-state index in [1.54, 1.807) is 35.2 Å². The summed E-state index contributed by atoms with van der Waals surface area (Å²) < 4.78 is 34.9. The van der Waals surface area contributed by atoms with Crippen molar-refractivity contribution in [3.05, 3.63) is 34.3 Å². The Hall–Kier alpha value is -1.46. The first-order chi connectivity index (χ1) is 14.5. The maximum atomic E-state index is 13.0. The number of rotatable bonds is 8. The number of morpholine rings is 1. The average molecular weight is 467 g/mol. The zero-order valence-electron chi connectivity index (χ0n) is 17.2. The van der Waals surface area contributed by atoms with E-state index in [0.717, 1.165) is 41.5 Å². The molecule has 1 fully saturated rings. The zero-order chi connectivity index (χ0) is 21.1. The molecule has 0 N–H and O–H groups in total. The van der Waals surface area contributed by atoms with Crippen molar-refractivity contribution in [2.75, 3.05) is 26.3 Å². The lowest BCUT2D eigenvalue weighted by Gasteiger charge is -2.26. The Bertz CT molecular complexity index is 1120. The largest absolute Gasteiger partial charge is 0.379 e. The van der Waals surface area contributed by atoms with E-state index in [1.165, 1.54) is 9.31 Å². The quantitative estimate of drug-likeness (QED) is 0.470.